The molecule has 20 heavy (non-hydrogen) atoms. The molecule has 0 heterocycles. The molecule has 0 spiro atoms. The van der Waals surface area contributed by atoms with E-state index < -0.39 is 11.8 Å². The molecule has 0 bridgehead atoms. The summed E-state index contributed by atoms with van der Waals surface area (Å²) in [4.78, 5) is 23.6. The first-order valence-corrected chi connectivity index (χ1v) is 7.01. The van der Waals surface area contributed by atoms with Crippen molar-refractivity contribution in [2.24, 2.45) is 11.8 Å². The van der Waals surface area contributed by atoms with Crippen molar-refractivity contribution in [3.63, 3.8) is 0 Å². The molecule has 2 rings (SSSR count). The van der Waals surface area contributed by atoms with Crippen LogP contribution in [0.25, 0.3) is 0 Å². The highest BCUT2D eigenvalue weighted by atomic mass is 16.5. The van der Waals surface area contributed by atoms with Crippen LogP contribution in [0, 0.1) is 11.8 Å². The van der Waals surface area contributed by atoms with Gasteiger partial charge in [-0.3, -0.25) is 4.79 Å². The van der Waals surface area contributed by atoms with Gasteiger partial charge in [0.25, 0.3) is 5.78 Å². The number of hydrogen-bond acceptors (Lipinski definition) is 3. The summed E-state index contributed by atoms with van der Waals surface area (Å²) in [5.41, 5.74) is 1.77. The van der Waals surface area contributed by atoms with Crippen molar-refractivity contribution in [3.8, 4) is 0 Å². The number of ketones is 1. The zero-order chi connectivity index (χ0) is 14.5. The molecule has 1 aliphatic carbocycles. The summed E-state index contributed by atoms with van der Waals surface area (Å²) >= 11 is 0. The second-order valence-corrected chi connectivity index (χ2v) is 5.46. The largest absolute Gasteiger partial charge is 0.459 e. The fourth-order valence-electron chi connectivity index (χ4n) is 2.53. The predicted molar refractivity (Wildman–Crippen MR) is 77.4 cm³/mol. The first kappa shape index (κ1) is 14.5. The van der Waals surface area contributed by atoms with Crippen LogP contribution < -0.4 is 0 Å². The molecule has 2 unspecified atom stereocenters. The maximum atomic E-state index is 11.9. The molecule has 0 amide bonds. The third-order valence-corrected chi connectivity index (χ3v) is 3.85. The standard InChI is InChI=1S/C17H20O3/c1-12-8-9-15(13(2)10-12)11-20-17(19)16(18)14-6-4-3-5-7-14/h3-7,10,13,15H,8-9,11H2,1-2H3. The van der Waals surface area contributed by atoms with E-state index in [9.17, 15) is 9.59 Å². The third kappa shape index (κ3) is 3.56. The van der Waals surface area contributed by atoms with Gasteiger partial charge in [-0.05, 0) is 31.6 Å². The van der Waals surface area contributed by atoms with E-state index in [0.717, 1.165) is 12.8 Å². The number of carbonyl (C=O) groups excluding carboxylic acids is 2. The van der Waals surface area contributed by atoms with Crippen molar-refractivity contribution in [2.75, 3.05) is 6.61 Å². The van der Waals surface area contributed by atoms with Crippen LogP contribution in [0.15, 0.2) is 42.0 Å². The Morgan fingerprint density at radius 2 is 1.95 bits per heavy atom. The summed E-state index contributed by atoms with van der Waals surface area (Å²) in [6, 6.07) is 8.52. The Morgan fingerprint density at radius 3 is 2.60 bits per heavy atom. The van der Waals surface area contributed by atoms with Crippen molar-refractivity contribution in [2.45, 2.75) is 26.7 Å². The molecule has 0 aromatic heterocycles. The highest BCUT2D eigenvalue weighted by Crippen LogP contribution is 2.28. The molecule has 1 aromatic rings. The van der Waals surface area contributed by atoms with Gasteiger partial charge in [0.2, 0.25) is 0 Å². The molecule has 0 aliphatic heterocycles. The number of ether oxygens (including phenoxy) is 1. The van der Waals surface area contributed by atoms with Crippen molar-refractivity contribution in [3.05, 3.63) is 47.5 Å². The van der Waals surface area contributed by atoms with Gasteiger partial charge in [0, 0.05) is 5.56 Å². The summed E-state index contributed by atoms with van der Waals surface area (Å²) in [6.07, 6.45) is 4.27. The van der Waals surface area contributed by atoms with Gasteiger partial charge in [-0.2, -0.15) is 0 Å². The van der Waals surface area contributed by atoms with E-state index in [1.807, 2.05) is 0 Å². The van der Waals surface area contributed by atoms with Gasteiger partial charge in [0.05, 0.1) is 6.61 Å². The first-order valence-electron chi connectivity index (χ1n) is 7.01. The molecule has 0 N–H and O–H groups in total. The number of rotatable bonds is 4. The second-order valence-electron chi connectivity index (χ2n) is 5.46. The molecule has 0 radical (unpaired) electrons. The SMILES string of the molecule is CC1=CC(C)C(COC(=O)C(=O)c2ccccc2)CC1. The average Bonchev–Trinajstić information content (AvgIpc) is 2.46. The molecule has 1 aromatic carbocycles. The maximum Gasteiger partial charge on any atom is 0.379 e. The normalized spacial score (nSPS) is 22.0. The van der Waals surface area contributed by atoms with Crippen LogP contribution in [0.2, 0.25) is 0 Å². The van der Waals surface area contributed by atoms with Gasteiger partial charge in [0.1, 0.15) is 0 Å². The van der Waals surface area contributed by atoms with Crippen LogP contribution in [-0.4, -0.2) is 18.4 Å². The zero-order valence-corrected chi connectivity index (χ0v) is 12.0. The van der Waals surface area contributed by atoms with Crippen LogP contribution in [-0.2, 0) is 9.53 Å². The van der Waals surface area contributed by atoms with E-state index >= 15 is 0 Å². The van der Waals surface area contributed by atoms with Crippen LogP contribution >= 0.6 is 0 Å². The molecule has 106 valence electrons. The van der Waals surface area contributed by atoms with E-state index in [1.54, 1.807) is 30.3 Å². The minimum absolute atomic E-state index is 0.311. The minimum Gasteiger partial charge on any atom is -0.459 e. The summed E-state index contributed by atoms with van der Waals surface area (Å²) in [6.45, 7) is 4.57. The maximum absolute atomic E-state index is 11.9. The van der Waals surface area contributed by atoms with Gasteiger partial charge < -0.3 is 4.74 Å². The Morgan fingerprint density at radius 1 is 1.25 bits per heavy atom. The Hall–Kier alpha value is -1.90. The van der Waals surface area contributed by atoms with Gasteiger partial charge >= 0.3 is 5.97 Å². The molecule has 0 saturated carbocycles. The lowest BCUT2D eigenvalue weighted by Crippen LogP contribution is -2.25. The van der Waals surface area contributed by atoms with E-state index in [2.05, 4.69) is 19.9 Å². The van der Waals surface area contributed by atoms with E-state index in [4.69, 9.17) is 4.74 Å². The van der Waals surface area contributed by atoms with Gasteiger partial charge in [0.15, 0.2) is 0 Å². The fourth-order valence-corrected chi connectivity index (χ4v) is 2.53. The van der Waals surface area contributed by atoms with Gasteiger partial charge in [-0.1, -0.05) is 48.9 Å². The van der Waals surface area contributed by atoms with Crippen molar-refractivity contribution >= 4 is 11.8 Å². The van der Waals surface area contributed by atoms with Crippen molar-refractivity contribution in [1.29, 1.82) is 0 Å². The van der Waals surface area contributed by atoms with Gasteiger partial charge in [-0.25, -0.2) is 4.79 Å². The molecule has 1 aliphatic rings. The summed E-state index contributed by atoms with van der Waals surface area (Å²) in [5, 5.41) is 0. The lowest BCUT2D eigenvalue weighted by Gasteiger charge is -2.26. The zero-order valence-electron chi connectivity index (χ0n) is 12.0. The average molecular weight is 272 g/mol. The van der Waals surface area contributed by atoms with Crippen LogP contribution in [0.1, 0.15) is 37.0 Å². The first-order chi connectivity index (χ1) is 9.58. The fraction of sp³-hybridized carbons (Fsp3) is 0.412. The summed E-state index contributed by atoms with van der Waals surface area (Å²) < 4.78 is 5.19. The highest BCUT2D eigenvalue weighted by molar-refractivity contribution is 6.40. The Kier molecular flexibility index (Phi) is 4.72. The lowest BCUT2D eigenvalue weighted by atomic mass is 9.83. The Bertz CT molecular complexity index is 516. The molecular weight excluding hydrogens is 252 g/mol. The monoisotopic (exact) mass is 272 g/mol. The molecule has 0 saturated heterocycles. The number of esters is 1. The smallest absolute Gasteiger partial charge is 0.379 e. The predicted octanol–water partition coefficient (Wildman–Crippen LogP) is 3.40. The van der Waals surface area contributed by atoms with Crippen molar-refractivity contribution < 1.29 is 14.3 Å². The molecule has 0 fully saturated rings. The van der Waals surface area contributed by atoms with Gasteiger partial charge in [-0.15, -0.1) is 0 Å². The number of carbonyl (C=O) groups is 2. The van der Waals surface area contributed by atoms with E-state index in [1.165, 1.54) is 5.57 Å². The summed E-state index contributed by atoms with van der Waals surface area (Å²) in [7, 11) is 0. The van der Waals surface area contributed by atoms with Crippen LogP contribution in [0.4, 0.5) is 0 Å². The molecule has 2 atom stereocenters. The topological polar surface area (TPSA) is 43.4 Å². The molecule has 3 nitrogen and oxygen atoms in total. The Balaban J connectivity index is 1.88. The molecular formula is C17H20O3. The Labute approximate surface area is 119 Å². The quantitative estimate of drug-likeness (QED) is 0.365. The number of Topliss-reactive ketones (excluding diaryl/α,β-unsaturated/α-hetero) is 1. The number of hydrogen-bond donors (Lipinski definition) is 0. The summed E-state index contributed by atoms with van der Waals surface area (Å²) in [5.74, 6) is -0.620. The lowest BCUT2D eigenvalue weighted by molar-refractivity contribution is -0.139. The van der Waals surface area contributed by atoms with Crippen LogP contribution in [0.3, 0.4) is 0 Å². The van der Waals surface area contributed by atoms with Crippen molar-refractivity contribution in [1.82, 2.24) is 0 Å². The molecule has 3 heteroatoms. The van der Waals surface area contributed by atoms with Crippen LogP contribution in [0.5, 0.6) is 0 Å². The second kappa shape index (κ2) is 6.51. The highest BCUT2D eigenvalue weighted by Gasteiger charge is 2.24. The number of allylic oxidation sites excluding steroid dienone is 2. The van der Waals surface area contributed by atoms with E-state index in [-0.39, 0.29) is 0 Å². The van der Waals surface area contributed by atoms with E-state index in [0.29, 0.717) is 24.0 Å². The minimum atomic E-state index is -0.755. The third-order valence-electron chi connectivity index (χ3n) is 3.85. The number of benzene rings is 1.